The van der Waals surface area contributed by atoms with Gasteiger partial charge in [0.1, 0.15) is 5.82 Å². The molecule has 0 fully saturated rings. The first kappa shape index (κ1) is 12.3. The summed E-state index contributed by atoms with van der Waals surface area (Å²) < 4.78 is 0. The molecule has 0 aliphatic heterocycles. The lowest BCUT2D eigenvalue weighted by Crippen LogP contribution is -2.21. The summed E-state index contributed by atoms with van der Waals surface area (Å²) in [6.45, 7) is 4.70. The summed E-state index contributed by atoms with van der Waals surface area (Å²) in [6.07, 6.45) is 0. The Labute approximate surface area is 107 Å². The van der Waals surface area contributed by atoms with Gasteiger partial charge in [0.15, 0.2) is 0 Å². The summed E-state index contributed by atoms with van der Waals surface area (Å²) in [6, 6.07) is 11.7. The van der Waals surface area contributed by atoms with E-state index >= 15 is 0 Å². The van der Waals surface area contributed by atoms with Crippen LogP contribution < -0.4 is 10.6 Å². The minimum absolute atomic E-state index is 0.659. The number of nitrogens with zero attached hydrogens (tertiary/aromatic N) is 2. The molecule has 0 saturated carbocycles. The molecule has 0 spiro atoms. The van der Waals surface area contributed by atoms with Crippen LogP contribution in [0.3, 0.4) is 0 Å². The number of hydrogen-bond donors (Lipinski definition) is 2. The van der Waals surface area contributed by atoms with Crippen LogP contribution in [0.5, 0.6) is 0 Å². The summed E-state index contributed by atoms with van der Waals surface area (Å²) >= 11 is 0. The Hall–Kier alpha value is -2.12. The third-order valence-corrected chi connectivity index (χ3v) is 2.69. The Balaban J connectivity index is 2.22. The molecule has 0 saturated heterocycles. The van der Waals surface area contributed by atoms with Crippen molar-refractivity contribution < 1.29 is 0 Å². The fourth-order valence-electron chi connectivity index (χ4n) is 1.81. The Kier molecular flexibility index (Phi) is 4.11. The zero-order valence-electron chi connectivity index (χ0n) is 10.4. The lowest BCUT2D eigenvalue weighted by Gasteiger charge is -2.08. The second kappa shape index (κ2) is 5.99. The molecule has 0 bridgehead atoms. The van der Waals surface area contributed by atoms with Gasteiger partial charge in [0, 0.05) is 18.5 Å². The van der Waals surface area contributed by atoms with Crippen molar-refractivity contribution in [3.05, 3.63) is 35.9 Å². The van der Waals surface area contributed by atoms with Gasteiger partial charge < -0.3 is 10.6 Å². The molecule has 0 aliphatic rings. The molecule has 0 amide bonds. The number of likely N-dealkylation sites (N-methyl/N-ethyl adjacent to an activating group) is 1. The quantitative estimate of drug-likeness (QED) is 0.786. The van der Waals surface area contributed by atoms with E-state index in [1.807, 2.05) is 24.3 Å². The van der Waals surface area contributed by atoms with E-state index in [9.17, 15) is 0 Å². The van der Waals surface area contributed by atoms with Crippen LogP contribution in [0.1, 0.15) is 12.5 Å². The van der Waals surface area contributed by atoms with Crippen LogP contribution in [0.15, 0.2) is 30.3 Å². The maximum atomic E-state index is 9.15. The van der Waals surface area contributed by atoms with E-state index in [2.05, 4.69) is 28.6 Å². The van der Waals surface area contributed by atoms with E-state index in [0.717, 1.165) is 36.4 Å². The fourth-order valence-corrected chi connectivity index (χ4v) is 1.81. The lowest BCUT2D eigenvalue weighted by atomic mass is 10.1. The highest BCUT2D eigenvalue weighted by molar-refractivity contribution is 5.86. The molecule has 1 aromatic heterocycles. The molecule has 0 aliphatic carbocycles. The van der Waals surface area contributed by atoms with Gasteiger partial charge in [0.25, 0.3) is 0 Å². The average Bonchev–Trinajstić information content (AvgIpc) is 2.42. The number of pyridine rings is 1. The first-order valence-electron chi connectivity index (χ1n) is 6.09. The van der Waals surface area contributed by atoms with Crippen LogP contribution in [-0.4, -0.2) is 24.6 Å². The second-order valence-corrected chi connectivity index (χ2v) is 3.96. The highest BCUT2D eigenvalue weighted by Gasteiger charge is 2.04. The summed E-state index contributed by atoms with van der Waals surface area (Å²) in [5.74, 6) is 0.753. The molecule has 92 valence electrons. The summed E-state index contributed by atoms with van der Waals surface area (Å²) in [5, 5.41) is 16.5. The fraction of sp³-hybridized carbons (Fsp3) is 0.286. The molecule has 1 heterocycles. The molecule has 1 aromatic carbocycles. The molecule has 2 N–H and O–H groups in total. The van der Waals surface area contributed by atoms with E-state index in [1.54, 1.807) is 6.07 Å². The van der Waals surface area contributed by atoms with Gasteiger partial charge in [-0.1, -0.05) is 25.1 Å². The third kappa shape index (κ3) is 2.76. The molecule has 18 heavy (non-hydrogen) atoms. The zero-order chi connectivity index (χ0) is 12.8. The summed E-state index contributed by atoms with van der Waals surface area (Å²) in [4.78, 5) is 4.49. The van der Waals surface area contributed by atoms with Gasteiger partial charge in [-0.25, -0.2) is 4.98 Å². The van der Waals surface area contributed by atoms with E-state index in [0.29, 0.717) is 5.56 Å². The summed E-state index contributed by atoms with van der Waals surface area (Å²) in [7, 11) is 0. The molecule has 2 rings (SSSR count). The standard InChI is InChI=1S/C14H16N4/c1-2-16-7-8-17-14-9-11(10-15)12-5-3-4-6-13(12)18-14/h3-6,9,16H,2,7-8H2,1H3,(H,17,18). The largest absolute Gasteiger partial charge is 0.369 e. The first-order chi connectivity index (χ1) is 8.85. The Morgan fingerprint density at radius 1 is 1.28 bits per heavy atom. The summed E-state index contributed by atoms with van der Waals surface area (Å²) in [5.41, 5.74) is 1.51. The minimum Gasteiger partial charge on any atom is -0.369 e. The molecule has 2 aromatic rings. The van der Waals surface area contributed by atoms with Crippen LogP contribution in [0.4, 0.5) is 5.82 Å². The van der Waals surface area contributed by atoms with Crippen molar-refractivity contribution >= 4 is 16.7 Å². The number of benzene rings is 1. The number of nitriles is 1. The predicted molar refractivity (Wildman–Crippen MR) is 73.5 cm³/mol. The van der Waals surface area contributed by atoms with Crippen molar-refractivity contribution in [2.24, 2.45) is 0 Å². The Morgan fingerprint density at radius 3 is 2.89 bits per heavy atom. The third-order valence-electron chi connectivity index (χ3n) is 2.69. The van der Waals surface area contributed by atoms with Gasteiger partial charge in [-0.15, -0.1) is 0 Å². The van der Waals surface area contributed by atoms with Crippen LogP contribution in [0, 0.1) is 11.3 Å². The number of rotatable bonds is 5. The molecular weight excluding hydrogens is 224 g/mol. The zero-order valence-corrected chi connectivity index (χ0v) is 10.4. The van der Waals surface area contributed by atoms with Crippen molar-refractivity contribution in [1.82, 2.24) is 10.3 Å². The number of para-hydroxylation sites is 1. The van der Waals surface area contributed by atoms with Crippen molar-refractivity contribution in [2.45, 2.75) is 6.92 Å². The number of hydrogen-bond acceptors (Lipinski definition) is 4. The highest BCUT2D eigenvalue weighted by Crippen LogP contribution is 2.19. The number of aromatic nitrogens is 1. The predicted octanol–water partition coefficient (Wildman–Crippen LogP) is 2.13. The smallest absolute Gasteiger partial charge is 0.128 e. The maximum Gasteiger partial charge on any atom is 0.128 e. The second-order valence-electron chi connectivity index (χ2n) is 3.96. The normalized spacial score (nSPS) is 10.2. The average molecular weight is 240 g/mol. The van der Waals surface area contributed by atoms with Crippen molar-refractivity contribution in [2.75, 3.05) is 25.0 Å². The van der Waals surface area contributed by atoms with Gasteiger partial charge in [-0.2, -0.15) is 5.26 Å². The monoisotopic (exact) mass is 240 g/mol. The number of fused-ring (bicyclic) bond motifs is 1. The van der Waals surface area contributed by atoms with Gasteiger partial charge in [0.05, 0.1) is 17.1 Å². The highest BCUT2D eigenvalue weighted by atomic mass is 15.0. The maximum absolute atomic E-state index is 9.15. The van der Waals surface area contributed by atoms with Crippen LogP contribution >= 0.6 is 0 Å². The molecule has 0 radical (unpaired) electrons. The van der Waals surface area contributed by atoms with Gasteiger partial charge in [-0.3, -0.25) is 0 Å². The van der Waals surface area contributed by atoms with Gasteiger partial charge in [-0.05, 0) is 18.7 Å². The molecule has 0 unspecified atom stereocenters. The molecule has 4 nitrogen and oxygen atoms in total. The Bertz CT molecular complexity index is 572. The Morgan fingerprint density at radius 2 is 2.11 bits per heavy atom. The molecular formula is C14H16N4. The molecule has 4 heteroatoms. The lowest BCUT2D eigenvalue weighted by molar-refractivity contribution is 0.738. The van der Waals surface area contributed by atoms with E-state index in [-0.39, 0.29) is 0 Å². The number of nitrogens with one attached hydrogen (secondary N) is 2. The minimum atomic E-state index is 0.659. The topological polar surface area (TPSA) is 60.7 Å². The first-order valence-corrected chi connectivity index (χ1v) is 6.09. The van der Waals surface area contributed by atoms with Crippen LogP contribution in [0.2, 0.25) is 0 Å². The van der Waals surface area contributed by atoms with Crippen LogP contribution in [-0.2, 0) is 0 Å². The van der Waals surface area contributed by atoms with E-state index in [4.69, 9.17) is 5.26 Å². The van der Waals surface area contributed by atoms with E-state index in [1.165, 1.54) is 0 Å². The van der Waals surface area contributed by atoms with Crippen LogP contribution in [0.25, 0.3) is 10.9 Å². The molecule has 0 atom stereocenters. The van der Waals surface area contributed by atoms with Gasteiger partial charge >= 0.3 is 0 Å². The van der Waals surface area contributed by atoms with Crippen molar-refractivity contribution in [3.8, 4) is 6.07 Å². The van der Waals surface area contributed by atoms with Crippen molar-refractivity contribution in [3.63, 3.8) is 0 Å². The van der Waals surface area contributed by atoms with Crippen molar-refractivity contribution in [1.29, 1.82) is 5.26 Å². The van der Waals surface area contributed by atoms with Gasteiger partial charge in [0.2, 0.25) is 0 Å². The SMILES string of the molecule is CCNCCNc1cc(C#N)c2ccccc2n1. The number of anilines is 1. The van der Waals surface area contributed by atoms with E-state index < -0.39 is 0 Å².